The lowest BCUT2D eigenvalue weighted by Gasteiger charge is -2.16. The van der Waals surface area contributed by atoms with E-state index in [2.05, 4.69) is 15.4 Å². The van der Waals surface area contributed by atoms with Gasteiger partial charge in [0.05, 0.1) is 23.7 Å². The van der Waals surface area contributed by atoms with E-state index in [4.69, 9.17) is 4.74 Å². The van der Waals surface area contributed by atoms with Crippen LogP contribution in [0, 0.1) is 12.8 Å². The largest absolute Gasteiger partial charge is 0.383 e. The molecule has 1 aliphatic rings. The van der Waals surface area contributed by atoms with Gasteiger partial charge in [-0.3, -0.25) is 9.59 Å². The highest BCUT2D eigenvalue weighted by Gasteiger charge is 2.34. The Kier molecular flexibility index (Phi) is 5.26. The van der Waals surface area contributed by atoms with Crippen molar-refractivity contribution >= 4 is 28.5 Å². The zero-order valence-corrected chi connectivity index (χ0v) is 16.5. The molecule has 0 spiro atoms. The molecule has 1 saturated heterocycles. The van der Waals surface area contributed by atoms with Crippen LogP contribution in [0.2, 0.25) is 0 Å². The highest BCUT2D eigenvalue weighted by atomic mass is 16.5. The Morgan fingerprint density at radius 2 is 2.10 bits per heavy atom. The molecule has 2 amide bonds. The number of methoxy groups -OCH3 is 1. The number of benzene rings is 1. The molecule has 1 atom stereocenters. The summed E-state index contributed by atoms with van der Waals surface area (Å²) < 4.78 is 6.65. The van der Waals surface area contributed by atoms with Crippen molar-refractivity contribution in [2.24, 2.45) is 5.92 Å². The van der Waals surface area contributed by atoms with Gasteiger partial charge in [0.2, 0.25) is 11.8 Å². The van der Waals surface area contributed by atoms with Gasteiger partial charge in [-0.05, 0) is 25.1 Å². The first-order valence-corrected chi connectivity index (χ1v) is 9.55. The second-order valence-electron chi connectivity index (χ2n) is 7.17. The first-order valence-electron chi connectivity index (χ1n) is 9.55. The summed E-state index contributed by atoms with van der Waals surface area (Å²) in [5.41, 5.74) is 1.62. The highest BCUT2D eigenvalue weighted by molar-refractivity contribution is 5.97. The third-order valence-corrected chi connectivity index (χ3v) is 5.03. The Balaban J connectivity index is 1.54. The van der Waals surface area contributed by atoms with Crippen LogP contribution in [0.3, 0.4) is 0 Å². The van der Waals surface area contributed by atoms with Crippen molar-refractivity contribution in [2.75, 3.05) is 32.1 Å². The molecule has 29 heavy (non-hydrogen) atoms. The number of amides is 2. The van der Waals surface area contributed by atoms with Crippen LogP contribution in [0.15, 0.2) is 42.5 Å². The predicted octanol–water partition coefficient (Wildman–Crippen LogP) is 2.16. The molecule has 8 nitrogen and oxygen atoms in total. The van der Waals surface area contributed by atoms with Gasteiger partial charge in [-0.1, -0.05) is 18.2 Å². The smallest absolute Gasteiger partial charge is 0.230 e. The van der Waals surface area contributed by atoms with Crippen molar-refractivity contribution in [3.05, 3.63) is 48.2 Å². The summed E-state index contributed by atoms with van der Waals surface area (Å²) in [6, 6.07) is 13.5. The average Bonchev–Trinajstić information content (AvgIpc) is 3.28. The monoisotopic (exact) mass is 393 g/mol. The summed E-state index contributed by atoms with van der Waals surface area (Å²) in [5, 5.41) is 8.45. The summed E-state index contributed by atoms with van der Waals surface area (Å²) in [4.78, 5) is 31.3. The molecule has 0 aliphatic carbocycles. The van der Waals surface area contributed by atoms with E-state index in [-0.39, 0.29) is 18.2 Å². The van der Waals surface area contributed by atoms with Crippen molar-refractivity contribution < 1.29 is 14.3 Å². The van der Waals surface area contributed by atoms with Crippen LogP contribution in [0.1, 0.15) is 12.1 Å². The molecule has 3 aromatic rings. The number of likely N-dealkylation sites (tertiary alicyclic amines) is 1. The van der Waals surface area contributed by atoms with E-state index < -0.39 is 5.92 Å². The number of pyridine rings is 1. The van der Waals surface area contributed by atoms with Crippen LogP contribution in [0.5, 0.6) is 0 Å². The molecule has 1 aromatic carbocycles. The molecular formula is C21H23N5O3. The van der Waals surface area contributed by atoms with Crippen LogP contribution in [-0.2, 0) is 14.3 Å². The van der Waals surface area contributed by atoms with E-state index in [0.717, 1.165) is 16.6 Å². The minimum atomic E-state index is -0.396. The summed E-state index contributed by atoms with van der Waals surface area (Å²) >= 11 is 0. The molecule has 1 fully saturated rings. The number of ether oxygens (including phenoxy) is 1. The van der Waals surface area contributed by atoms with E-state index in [1.165, 1.54) is 0 Å². The number of nitrogens with zero attached hydrogens (tertiary/aromatic N) is 4. The molecule has 0 saturated carbocycles. The van der Waals surface area contributed by atoms with Crippen molar-refractivity contribution in [3.8, 4) is 5.82 Å². The molecule has 2 aromatic heterocycles. The molecule has 0 radical (unpaired) electrons. The minimum Gasteiger partial charge on any atom is -0.383 e. The second kappa shape index (κ2) is 8.00. The van der Waals surface area contributed by atoms with Crippen LogP contribution < -0.4 is 5.32 Å². The maximum atomic E-state index is 12.8. The number of aryl methyl sites for hydroxylation is 1. The number of nitrogens with one attached hydrogen (secondary N) is 1. The summed E-state index contributed by atoms with van der Waals surface area (Å²) in [6.07, 6.45) is 0.205. The second-order valence-corrected chi connectivity index (χ2v) is 7.17. The first kappa shape index (κ1) is 19.1. The molecule has 0 bridgehead atoms. The van der Waals surface area contributed by atoms with E-state index in [1.54, 1.807) is 22.8 Å². The van der Waals surface area contributed by atoms with Crippen LogP contribution in [-0.4, -0.2) is 58.3 Å². The van der Waals surface area contributed by atoms with Gasteiger partial charge in [0.15, 0.2) is 5.82 Å². The number of carbonyl (C=O) groups excluding carboxylic acids is 2. The number of hydrogen-bond donors (Lipinski definition) is 1. The molecular weight excluding hydrogens is 370 g/mol. The molecule has 3 heterocycles. The van der Waals surface area contributed by atoms with E-state index in [0.29, 0.717) is 31.3 Å². The maximum Gasteiger partial charge on any atom is 0.230 e. The van der Waals surface area contributed by atoms with Gasteiger partial charge in [-0.2, -0.15) is 9.78 Å². The Hall–Kier alpha value is -3.26. The maximum absolute atomic E-state index is 12.8. The molecule has 1 aliphatic heterocycles. The number of hydrogen-bond acceptors (Lipinski definition) is 5. The van der Waals surface area contributed by atoms with E-state index in [1.807, 2.05) is 43.3 Å². The van der Waals surface area contributed by atoms with Gasteiger partial charge in [-0.25, -0.2) is 4.98 Å². The van der Waals surface area contributed by atoms with Crippen LogP contribution >= 0.6 is 0 Å². The quantitative estimate of drug-likeness (QED) is 0.693. The number of carbonyl (C=O) groups is 2. The summed E-state index contributed by atoms with van der Waals surface area (Å²) in [7, 11) is 1.59. The first-order chi connectivity index (χ1) is 14.0. The lowest BCUT2D eigenvalue weighted by Crippen LogP contribution is -2.31. The Labute approximate surface area is 168 Å². The molecule has 1 N–H and O–H groups in total. The number of aromatic nitrogens is 3. The van der Waals surface area contributed by atoms with Gasteiger partial charge >= 0.3 is 0 Å². The van der Waals surface area contributed by atoms with Crippen molar-refractivity contribution in [3.63, 3.8) is 0 Å². The molecule has 8 heteroatoms. The Bertz CT molecular complexity index is 1060. The standard InChI is InChI=1S/C21H23N5O3/c1-14-11-19(23-21(28)16-12-20(27)25(13-16)9-10-29-2)26(24-14)18-8-7-15-5-3-4-6-17(15)22-18/h3-8,11,16H,9-10,12-13H2,1-2H3,(H,23,28). The van der Waals surface area contributed by atoms with Crippen LogP contribution in [0.25, 0.3) is 16.7 Å². The van der Waals surface area contributed by atoms with Gasteiger partial charge in [0, 0.05) is 38.1 Å². The minimum absolute atomic E-state index is 0.0249. The van der Waals surface area contributed by atoms with Gasteiger partial charge in [0.1, 0.15) is 5.82 Å². The van der Waals surface area contributed by atoms with Crippen molar-refractivity contribution in [1.82, 2.24) is 19.7 Å². The lowest BCUT2D eigenvalue weighted by molar-refractivity contribution is -0.128. The Morgan fingerprint density at radius 3 is 2.93 bits per heavy atom. The highest BCUT2D eigenvalue weighted by Crippen LogP contribution is 2.22. The average molecular weight is 393 g/mol. The number of fused-ring (bicyclic) bond motifs is 1. The number of rotatable bonds is 6. The zero-order valence-electron chi connectivity index (χ0n) is 16.5. The third kappa shape index (κ3) is 3.97. The number of para-hydroxylation sites is 1. The lowest BCUT2D eigenvalue weighted by atomic mass is 10.1. The van der Waals surface area contributed by atoms with Crippen molar-refractivity contribution in [1.29, 1.82) is 0 Å². The summed E-state index contributed by atoms with van der Waals surface area (Å²) in [6.45, 7) is 3.21. The molecule has 150 valence electrons. The SMILES string of the molecule is COCCN1CC(C(=O)Nc2cc(C)nn2-c2ccc3ccccc3n2)CC1=O. The number of anilines is 1. The summed E-state index contributed by atoms with van der Waals surface area (Å²) in [5.74, 6) is 0.547. The fourth-order valence-electron chi connectivity index (χ4n) is 3.53. The normalized spacial score (nSPS) is 16.6. The fraction of sp³-hybridized carbons (Fsp3) is 0.333. The molecule has 1 unspecified atom stereocenters. The predicted molar refractivity (Wildman–Crippen MR) is 109 cm³/mol. The zero-order chi connectivity index (χ0) is 20.4. The fourth-order valence-corrected chi connectivity index (χ4v) is 3.53. The van der Waals surface area contributed by atoms with Gasteiger partial charge < -0.3 is 15.0 Å². The molecule has 4 rings (SSSR count). The Morgan fingerprint density at radius 1 is 1.28 bits per heavy atom. The van der Waals surface area contributed by atoms with Gasteiger partial charge in [-0.15, -0.1) is 0 Å². The van der Waals surface area contributed by atoms with Crippen molar-refractivity contribution in [2.45, 2.75) is 13.3 Å². The van der Waals surface area contributed by atoms with E-state index >= 15 is 0 Å². The topological polar surface area (TPSA) is 89.3 Å². The van der Waals surface area contributed by atoms with Gasteiger partial charge in [0.25, 0.3) is 0 Å². The van der Waals surface area contributed by atoms with E-state index in [9.17, 15) is 9.59 Å². The third-order valence-electron chi connectivity index (χ3n) is 5.03. The van der Waals surface area contributed by atoms with Crippen LogP contribution in [0.4, 0.5) is 5.82 Å².